The molecule has 1 heterocycles. The van der Waals surface area contributed by atoms with Crippen molar-refractivity contribution in [3.05, 3.63) is 41.6 Å². The predicted molar refractivity (Wildman–Crippen MR) is 69.5 cm³/mol. The molecule has 0 amide bonds. The van der Waals surface area contributed by atoms with E-state index in [-0.39, 0.29) is 0 Å². The van der Waals surface area contributed by atoms with E-state index < -0.39 is 11.4 Å². The number of carboxylic acids is 1. The first-order valence-corrected chi connectivity index (χ1v) is 6.18. The smallest absolute Gasteiger partial charge is 0.309 e. The molecule has 0 saturated heterocycles. The van der Waals surface area contributed by atoms with E-state index in [0.717, 1.165) is 34.9 Å². The molecule has 0 bridgehead atoms. The molecular weight excluding hydrogens is 226 g/mol. The van der Waals surface area contributed by atoms with Gasteiger partial charge in [-0.3, -0.25) is 9.78 Å². The number of aromatic nitrogens is 1. The Hall–Kier alpha value is -1.90. The minimum absolute atomic E-state index is 0.495. The molecule has 0 aliphatic heterocycles. The van der Waals surface area contributed by atoms with Gasteiger partial charge in [0, 0.05) is 11.6 Å². The van der Waals surface area contributed by atoms with Crippen molar-refractivity contribution in [3.8, 4) is 0 Å². The van der Waals surface area contributed by atoms with Crippen molar-refractivity contribution in [3.63, 3.8) is 0 Å². The lowest BCUT2D eigenvalue weighted by atomic mass is 9.95. The van der Waals surface area contributed by atoms with Crippen LogP contribution in [0.2, 0.25) is 0 Å². The van der Waals surface area contributed by atoms with Crippen molar-refractivity contribution in [2.24, 2.45) is 5.41 Å². The summed E-state index contributed by atoms with van der Waals surface area (Å²) < 4.78 is 0. The topological polar surface area (TPSA) is 50.2 Å². The van der Waals surface area contributed by atoms with Gasteiger partial charge < -0.3 is 5.11 Å². The molecule has 0 unspecified atom stereocenters. The second-order valence-corrected chi connectivity index (χ2v) is 5.30. The minimum atomic E-state index is -0.662. The molecule has 1 aromatic heterocycles. The molecule has 1 aromatic carbocycles. The number of benzene rings is 1. The molecule has 1 N–H and O–H groups in total. The highest BCUT2D eigenvalue weighted by atomic mass is 16.4. The number of hydrogen-bond donors (Lipinski definition) is 1. The number of hydrogen-bond acceptors (Lipinski definition) is 2. The Morgan fingerprint density at radius 1 is 1.39 bits per heavy atom. The molecule has 3 nitrogen and oxygen atoms in total. The van der Waals surface area contributed by atoms with E-state index >= 15 is 0 Å². The summed E-state index contributed by atoms with van der Waals surface area (Å²) in [5.41, 5.74) is 2.68. The highest BCUT2D eigenvalue weighted by molar-refractivity contribution is 5.81. The number of fused-ring (bicyclic) bond motifs is 1. The van der Waals surface area contributed by atoms with E-state index in [0.29, 0.717) is 6.42 Å². The van der Waals surface area contributed by atoms with Crippen LogP contribution in [0.15, 0.2) is 30.5 Å². The third-order valence-electron chi connectivity index (χ3n) is 3.73. The monoisotopic (exact) mass is 241 g/mol. The molecule has 3 heteroatoms. The summed E-state index contributed by atoms with van der Waals surface area (Å²) in [6, 6.07) is 8.13. The third-order valence-corrected chi connectivity index (χ3v) is 3.73. The third kappa shape index (κ3) is 1.86. The van der Waals surface area contributed by atoms with Crippen LogP contribution in [0.25, 0.3) is 10.9 Å². The summed E-state index contributed by atoms with van der Waals surface area (Å²) in [5, 5.41) is 10.3. The summed E-state index contributed by atoms with van der Waals surface area (Å²) in [6.07, 6.45) is 4.08. The number of pyridine rings is 1. The van der Waals surface area contributed by atoms with Gasteiger partial charge in [-0.2, -0.15) is 0 Å². The van der Waals surface area contributed by atoms with E-state index in [9.17, 15) is 9.90 Å². The Kier molecular flexibility index (Phi) is 2.37. The van der Waals surface area contributed by atoms with Gasteiger partial charge in [-0.1, -0.05) is 6.07 Å². The van der Waals surface area contributed by atoms with Crippen molar-refractivity contribution in [2.45, 2.75) is 26.2 Å². The van der Waals surface area contributed by atoms with Gasteiger partial charge in [0.25, 0.3) is 0 Å². The van der Waals surface area contributed by atoms with Crippen LogP contribution in [0, 0.1) is 12.3 Å². The zero-order chi connectivity index (χ0) is 12.8. The first-order chi connectivity index (χ1) is 8.59. The molecule has 0 atom stereocenters. The fraction of sp³-hybridized carbons (Fsp3) is 0.333. The van der Waals surface area contributed by atoms with Crippen LogP contribution in [0.5, 0.6) is 0 Å². The molecule has 1 saturated carbocycles. The average molecular weight is 241 g/mol. The molecule has 2 aromatic rings. The van der Waals surface area contributed by atoms with Gasteiger partial charge in [-0.15, -0.1) is 0 Å². The normalized spacial score (nSPS) is 16.7. The lowest BCUT2D eigenvalue weighted by Gasteiger charge is -2.10. The van der Waals surface area contributed by atoms with Gasteiger partial charge in [0.15, 0.2) is 0 Å². The zero-order valence-corrected chi connectivity index (χ0v) is 10.3. The van der Waals surface area contributed by atoms with Crippen molar-refractivity contribution in [1.29, 1.82) is 0 Å². The molecule has 1 aliphatic rings. The fourth-order valence-corrected chi connectivity index (χ4v) is 2.41. The highest BCUT2D eigenvalue weighted by Gasteiger charge is 2.49. The average Bonchev–Trinajstić information content (AvgIpc) is 3.09. The van der Waals surface area contributed by atoms with Gasteiger partial charge in [-0.05, 0) is 55.5 Å². The number of aliphatic carboxylic acids is 1. The highest BCUT2D eigenvalue weighted by Crippen LogP contribution is 2.48. The van der Waals surface area contributed by atoms with E-state index in [2.05, 4.69) is 17.1 Å². The van der Waals surface area contributed by atoms with Crippen molar-refractivity contribution >= 4 is 16.9 Å². The fourth-order valence-electron chi connectivity index (χ4n) is 2.41. The number of carboxylic acid groups (broad SMARTS) is 1. The molecule has 18 heavy (non-hydrogen) atoms. The van der Waals surface area contributed by atoms with E-state index in [1.165, 1.54) is 0 Å². The summed E-state index contributed by atoms with van der Waals surface area (Å²) in [7, 11) is 0. The molecule has 1 aliphatic carbocycles. The van der Waals surface area contributed by atoms with Gasteiger partial charge in [0.2, 0.25) is 0 Å². The Morgan fingerprint density at radius 3 is 2.83 bits per heavy atom. The number of aryl methyl sites for hydroxylation is 1. The van der Waals surface area contributed by atoms with Crippen LogP contribution in [-0.2, 0) is 11.2 Å². The van der Waals surface area contributed by atoms with E-state index in [4.69, 9.17) is 0 Å². The maximum absolute atomic E-state index is 11.2. The summed E-state index contributed by atoms with van der Waals surface area (Å²) in [6.45, 7) is 2.01. The SMILES string of the molecule is Cc1cnc2ccc(CC3(C(=O)O)CC3)cc2c1. The minimum Gasteiger partial charge on any atom is -0.481 e. The number of nitrogens with zero attached hydrogens (tertiary/aromatic N) is 1. The standard InChI is InChI=1S/C15H15NO2/c1-10-6-12-7-11(2-3-13(12)16-9-10)8-15(4-5-15)14(17)18/h2-3,6-7,9H,4-5,8H2,1H3,(H,17,18). The zero-order valence-electron chi connectivity index (χ0n) is 10.3. The molecular formula is C15H15NO2. The number of rotatable bonds is 3. The lowest BCUT2D eigenvalue weighted by molar-refractivity contribution is -0.143. The molecule has 3 rings (SSSR count). The van der Waals surface area contributed by atoms with Gasteiger partial charge in [0.1, 0.15) is 0 Å². The molecule has 92 valence electrons. The van der Waals surface area contributed by atoms with Crippen molar-refractivity contribution in [2.75, 3.05) is 0 Å². The van der Waals surface area contributed by atoms with Gasteiger partial charge >= 0.3 is 5.97 Å². The molecule has 0 spiro atoms. The van der Waals surface area contributed by atoms with Gasteiger partial charge in [-0.25, -0.2) is 0 Å². The quantitative estimate of drug-likeness (QED) is 0.898. The summed E-state index contributed by atoms with van der Waals surface area (Å²) in [4.78, 5) is 15.5. The van der Waals surface area contributed by atoms with Crippen LogP contribution in [0.1, 0.15) is 24.0 Å². The summed E-state index contributed by atoms with van der Waals surface area (Å²) >= 11 is 0. The second-order valence-electron chi connectivity index (χ2n) is 5.30. The number of carbonyl (C=O) groups is 1. The van der Waals surface area contributed by atoms with Gasteiger partial charge in [0.05, 0.1) is 10.9 Å². The summed E-state index contributed by atoms with van der Waals surface area (Å²) in [5.74, 6) is -0.662. The second kappa shape index (κ2) is 3.80. The Labute approximate surface area is 105 Å². The first-order valence-electron chi connectivity index (χ1n) is 6.18. The van der Waals surface area contributed by atoms with Crippen molar-refractivity contribution < 1.29 is 9.90 Å². The predicted octanol–water partition coefficient (Wildman–Crippen LogP) is 2.95. The Bertz CT molecular complexity index is 629. The maximum atomic E-state index is 11.2. The van der Waals surface area contributed by atoms with E-state index in [1.54, 1.807) is 0 Å². The van der Waals surface area contributed by atoms with E-state index in [1.807, 2.05) is 25.3 Å². The first kappa shape index (κ1) is 11.2. The van der Waals surface area contributed by atoms with Crippen LogP contribution in [0.3, 0.4) is 0 Å². The maximum Gasteiger partial charge on any atom is 0.309 e. The Morgan fingerprint density at radius 2 is 2.17 bits per heavy atom. The van der Waals surface area contributed by atoms with Crippen LogP contribution >= 0.6 is 0 Å². The van der Waals surface area contributed by atoms with Crippen LogP contribution < -0.4 is 0 Å². The van der Waals surface area contributed by atoms with Crippen molar-refractivity contribution in [1.82, 2.24) is 4.98 Å². The van der Waals surface area contributed by atoms with Crippen LogP contribution in [-0.4, -0.2) is 16.1 Å². The van der Waals surface area contributed by atoms with Crippen LogP contribution in [0.4, 0.5) is 0 Å². The Balaban J connectivity index is 1.96. The lowest BCUT2D eigenvalue weighted by Crippen LogP contribution is -2.17. The molecule has 0 radical (unpaired) electrons. The largest absolute Gasteiger partial charge is 0.481 e. The molecule has 1 fully saturated rings.